The second kappa shape index (κ2) is 6.93. The molecular weight excluding hydrogens is 256 g/mol. The number of rotatable bonds is 5. The topological polar surface area (TPSA) is 78.4 Å². The highest BCUT2D eigenvalue weighted by atomic mass is 16.4. The summed E-state index contributed by atoms with van der Waals surface area (Å²) in [6.45, 7) is 7.64. The Balaban J connectivity index is 2.70. The van der Waals surface area contributed by atoms with Gasteiger partial charge in [-0.3, -0.25) is 0 Å². The second-order valence-corrected chi connectivity index (χ2v) is 5.10. The molecule has 5 heteroatoms. The van der Waals surface area contributed by atoms with E-state index in [2.05, 4.69) is 10.6 Å². The number of hydrogen-bond donors (Lipinski definition) is 3. The molecule has 2 atom stereocenters. The van der Waals surface area contributed by atoms with Crippen molar-refractivity contribution < 1.29 is 14.7 Å². The zero-order valence-electron chi connectivity index (χ0n) is 12.4. The molecule has 1 aromatic rings. The van der Waals surface area contributed by atoms with Gasteiger partial charge in [0.1, 0.15) is 6.04 Å². The molecule has 0 fully saturated rings. The molecule has 0 aliphatic rings. The van der Waals surface area contributed by atoms with E-state index < -0.39 is 18.0 Å². The van der Waals surface area contributed by atoms with E-state index in [0.29, 0.717) is 12.1 Å². The number of aliphatic carboxylic acids is 1. The smallest absolute Gasteiger partial charge is 0.326 e. The van der Waals surface area contributed by atoms with Crippen molar-refractivity contribution in [2.75, 3.05) is 5.32 Å². The molecule has 0 aromatic heterocycles. The highest BCUT2D eigenvalue weighted by molar-refractivity contribution is 5.92. The lowest BCUT2D eigenvalue weighted by molar-refractivity contribution is -0.140. The van der Waals surface area contributed by atoms with Gasteiger partial charge in [0.2, 0.25) is 0 Å². The fraction of sp³-hybridized carbons (Fsp3) is 0.467. The highest BCUT2D eigenvalue weighted by Crippen LogP contribution is 2.14. The molecule has 2 amide bonds. The van der Waals surface area contributed by atoms with Gasteiger partial charge in [-0.25, -0.2) is 9.59 Å². The van der Waals surface area contributed by atoms with E-state index >= 15 is 0 Å². The predicted molar refractivity (Wildman–Crippen MR) is 78.9 cm³/mol. The number of amides is 2. The Morgan fingerprint density at radius 2 is 1.90 bits per heavy atom. The number of benzene rings is 1. The standard InChI is InChI=1S/C15H22N2O3/c1-5-9(2)13(14(18)19)17-15(20)16-12-7-6-10(3)11(4)8-12/h6-9,13H,5H2,1-4H3,(H,18,19)(H2,16,17,20)/t9-,13+/m1/s1. The van der Waals surface area contributed by atoms with Crippen molar-refractivity contribution in [3.8, 4) is 0 Å². The summed E-state index contributed by atoms with van der Waals surface area (Å²) < 4.78 is 0. The van der Waals surface area contributed by atoms with Crippen LogP contribution in [0.5, 0.6) is 0 Å². The number of nitrogens with one attached hydrogen (secondary N) is 2. The van der Waals surface area contributed by atoms with Crippen LogP contribution in [0, 0.1) is 19.8 Å². The minimum Gasteiger partial charge on any atom is -0.480 e. The predicted octanol–water partition coefficient (Wildman–Crippen LogP) is 2.92. The number of carbonyl (C=O) groups is 2. The van der Waals surface area contributed by atoms with Crippen molar-refractivity contribution in [2.45, 2.75) is 40.2 Å². The average molecular weight is 278 g/mol. The van der Waals surface area contributed by atoms with E-state index in [1.54, 1.807) is 13.0 Å². The first-order valence-corrected chi connectivity index (χ1v) is 6.72. The molecule has 0 unspecified atom stereocenters. The summed E-state index contributed by atoms with van der Waals surface area (Å²) in [4.78, 5) is 23.0. The molecule has 1 aromatic carbocycles. The number of urea groups is 1. The van der Waals surface area contributed by atoms with Crippen LogP contribution in [0.2, 0.25) is 0 Å². The summed E-state index contributed by atoms with van der Waals surface area (Å²) in [5.41, 5.74) is 2.86. The largest absolute Gasteiger partial charge is 0.480 e. The lowest BCUT2D eigenvalue weighted by Gasteiger charge is -2.20. The van der Waals surface area contributed by atoms with E-state index in [0.717, 1.165) is 11.1 Å². The molecule has 3 N–H and O–H groups in total. The maximum Gasteiger partial charge on any atom is 0.326 e. The van der Waals surface area contributed by atoms with Crippen LogP contribution < -0.4 is 10.6 Å². The van der Waals surface area contributed by atoms with E-state index in [9.17, 15) is 9.59 Å². The first-order chi connectivity index (χ1) is 9.35. The number of anilines is 1. The molecule has 0 aliphatic carbocycles. The van der Waals surface area contributed by atoms with Crippen LogP contribution in [0.1, 0.15) is 31.4 Å². The molecule has 0 bridgehead atoms. The number of aryl methyl sites for hydroxylation is 2. The van der Waals surface area contributed by atoms with Crippen molar-refractivity contribution in [3.05, 3.63) is 29.3 Å². The third kappa shape index (κ3) is 4.26. The lowest BCUT2D eigenvalue weighted by atomic mass is 9.99. The maximum absolute atomic E-state index is 11.9. The summed E-state index contributed by atoms with van der Waals surface area (Å²) in [5.74, 6) is -1.15. The number of hydrogen-bond acceptors (Lipinski definition) is 2. The molecule has 0 saturated carbocycles. The summed E-state index contributed by atoms with van der Waals surface area (Å²) in [6.07, 6.45) is 0.681. The summed E-state index contributed by atoms with van der Waals surface area (Å²) in [6, 6.07) is 4.18. The molecule has 1 rings (SSSR count). The van der Waals surface area contributed by atoms with E-state index in [-0.39, 0.29) is 5.92 Å². The van der Waals surface area contributed by atoms with Gasteiger partial charge >= 0.3 is 12.0 Å². The van der Waals surface area contributed by atoms with Crippen LogP contribution in [0.25, 0.3) is 0 Å². The molecule has 110 valence electrons. The fourth-order valence-electron chi connectivity index (χ4n) is 1.81. The van der Waals surface area contributed by atoms with Crippen LogP contribution in [-0.4, -0.2) is 23.1 Å². The average Bonchev–Trinajstić information content (AvgIpc) is 2.39. The van der Waals surface area contributed by atoms with Gasteiger partial charge in [-0.2, -0.15) is 0 Å². The SMILES string of the molecule is CC[C@@H](C)[C@H](NC(=O)Nc1ccc(C)c(C)c1)C(=O)O. The minimum absolute atomic E-state index is 0.127. The van der Waals surface area contributed by atoms with Crippen LogP contribution in [0.3, 0.4) is 0 Å². The monoisotopic (exact) mass is 278 g/mol. The summed E-state index contributed by atoms with van der Waals surface area (Å²) >= 11 is 0. The van der Waals surface area contributed by atoms with Gasteiger partial charge in [-0.1, -0.05) is 26.3 Å². The zero-order valence-corrected chi connectivity index (χ0v) is 12.4. The Hall–Kier alpha value is -2.04. The van der Waals surface area contributed by atoms with Crippen molar-refractivity contribution in [1.82, 2.24) is 5.32 Å². The van der Waals surface area contributed by atoms with E-state index in [4.69, 9.17) is 5.11 Å². The summed E-state index contributed by atoms with van der Waals surface area (Å²) in [5, 5.41) is 14.3. The van der Waals surface area contributed by atoms with Gasteiger partial charge in [0.15, 0.2) is 0 Å². The lowest BCUT2D eigenvalue weighted by Crippen LogP contribution is -2.46. The zero-order chi connectivity index (χ0) is 15.3. The van der Waals surface area contributed by atoms with Crippen molar-refractivity contribution in [3.63, 3.8) is 0 Å². The van der Waals surface area contributed by atoms with Gasteiger partial charge in [-0.15, -0.1) is 0 Å². The molecule has 0 aliphatic heterocycles. The van der Waals surface area contributed by atoms with Crippen LogP contribution >= 0.6 is 0 Å². The second-order valence-electron chi connectivity index (χ2n) is 5.10. The Bertz CT molecular complexity index is 500. The van der Waals surface area contributed by atoms with Crippen LogP contribution in [0.15, 0.2) is 18.2 Å². The minimum atomic E-state index is -1.02. The summed E-state index contributed by atoms with van der Waals surface area (Å²) in [7, 11) is 0. The van der Waals surface area contributed by atoms with E-state index in [1.165, 1.54) is 0 Å². The Kier molecular flexibility index (Phi) is 5.55. The third-order valence-electron chi connectivity index (χ3n) is 3.53. The van der Waals surface area contributed by atoms with Gasteiger partial charge in [0.05, 0.1) is 0 Å². The highest BCUT2D eigenvalue weighted by Gasteiger charge is 2.25. The first kappa shape index (κ1) is 16.0. The molecule has 0 saturated heterocycles. The van der Waals surface area contributed by atoms with Crippen molar-refractivity contribution in [2.24, 2.45) is 5.92 Å². The van der Waals surface area contributed by atoms with Gasteiger partial charge in [0.25, 0.3) is 0 Å². The molecule has 5 nitrogen and oxygen atoms in total. The van der Waals surface area contributed by atoms with Crippen molar-refractivity contribution in [1.29, 1.82) is 0 Å². The van der Waals surface area contributed by atoms with Gasteiger partial charge in [0, 0.05) is 5.69 Å². The van der Waals surface area contributed by atoms with E-state index in [1.807, 2.05) is 32.9 Å². The fourth-order valence-corrected chi connectivity index (χ4v) is 1.81. The maximum atomic E-state index is 11.9. The van der Waals surface area contributed by atoms with Gasteiger partial charge in [-0.05, 0) is 43.0 Å². The first-order valence-electron chi connectivity index (χ1n) is 6.72. The molecule has 20 heavy (non-hydrogen) atoms. The Morgan fingerprint density at radius 1 is 1.25 bits per heavy atom. The Labute approximate surface area is 119 Å². The molecule has 0 spiro atoms. The molecular formula is C15H22N2O3. The third-order valence-corrected chi connectivity index (χ3v) is 3.53. The number of carboxylic acids is 1. The number of carbonyl (C=O) groups excluding carboxylic acids is 1. The van der Waals surface area contributed by atoms with Crippen LogP contribution in [0.4, 0.5) is 10.5 Å². The normalized spacial score (nSPS) is 13.4. The molecule has 0 heterocycles. The Morgan fingerprint density at radius 3 is 2.40 bits per heavy atom. The van der Waals surface area contributed by atoms with Gasteiger partial charge < -0.3 is 15.7 Å². The quantitative estimate of drug-likeness (QED) is 0.775. The number of carboxylic acid groups (broad SMARTS) is 1. The van der Waals surface area contributed by atoms with Crippen LogP contribution in [-0.2, 0) is 4.79 Å². The van der Waals surface area contributed by atoms with Crippen molar-refractivity contribution >= 4 is 17.7 Å². The molecule has 0 radical (unpaired) electrons.